The first-order valence-electron chi connectivity index (χ1n) is 23.9. The standard InChI is InChI=1S/C43H77IN6O16S6/c1-11-45(12-2)37(53)67(59)28-21-35(51)65-26-27-66-36(52)22-29-68(60)42(58)50(18-8)34(44)20-25-49(41(57)72(64)33-43(9,10)32-71(63)39(55)47(15-5)16-6)24-19-23-48(17-7)40(56)70(62)31-30-69(61)38(54)46(13-3)14-4/h34H,11-33H2,1-10H3. The minimum Gasteiger partial charge on any atom is -0.608 e. The zero-order valence-corrected chi connectivity index (χ0v) is 50.4. The lowest BCUT2D eigenvalue weighted by molar-refractivity contribution is -0.151. The van der Waals surface area contributed by atoms with Gasteiger partial charge in [-0.15, -0.1) is 0 Å². The Balaban J connectivity index is 5.78. The van der Waals surface area contributed by atoms with E-state index in [2.05, 4.69) is 0 Å². The minimum absolute atomic E-state index is 0.0144. The molecule has 0 radical (unpaired) electrons. The molecule has 72 heavy (non-hydrogen) atoms. The van der Waals surface area contributed by atoms with Crippen LogP contribution >= 0.6 is 22.6 Å². The highest BCUT2D eigenvalue weighted by atomic mass is 127. The molecule has 0 aliphatic rings. The number of rotatable bonds is 32. The van der Waals surface area contributed by atoms with Crippen molar-refractivity contribution in [1.29, 1.82) is 0 Å². The number of amides is 6. The van der Waals surface area contributed by atoms with Gasteiger partial charge in [0.25, 0.3) is 0 Å². The Hall–Kier alpha value is -1.65. The molecule has 7 unspecified atom stereocenters. The number of nitrogens with zero attached hydrogens (tertiary/aromatic N) is 6. The zero-order chi connectivity index (χ0) is 55.3. The van der Waals surface area contributed by atoms with E-state index in [0.717, 1.165) is 0 Å². The monoisotopic (exact) mass is 1250 g/mol. The Morgan fingerprint density at radius 2 is 0.764 bits per heavy atom. The first-order valence-corrected chi connectivity index (χ1v) is 33.0. The summed E-state index contributed by atoms with van der Waals surface area (Å²) in [5.41, 5.74) is -0.992. The predicted molar refractivity (Wildman–Crippen MR) is 292 cm³/mol. The zero-order valence-electron chi connectivity index (χ0n) is 43.4. The van der Waals surface area contributed by atoms with Crippen molar-refractivity contribution in [2.75, 3.05) is 120 Å². The van der Waals surface area contributed by atoms with Crippen molar-refractivity contribution in [3.8, 4) is 0 Å². The Kier molecular flexibility index (Phi) is 37.1. The van der Waals surface area contributed by atoms with Gasteiger partial charge in [-0.05, 0) is 68.2 Å². The van der Waals surface area contributed by atoms with Crippen LogP contribution in [0.3, 0.4) is 0 Å². The fourth-order valence-electron chi connectivity index (χ4n) is 6.46. The van der Waals surface area contributed by atoms with E-state index >= 15 is 0 Å². The summed E-state index contributed by atoms with van der Waals surface area (Å²) in [5, 5.41) is -4.10. The lowest BCUT2D eigenvalue weighted by atomic mass is 10.0. The van der Waals surface area contributed by atoms with Crippen LogP contribution in [-0.4, -0.2) is 224 Å². The van der Waals surface area contributed by atoms with E-state index in [0.29, 0.717) is 39.3 Å². The molecule has 7 atom stereocenters. The number of esters is 2. The fourth-order valence-corrected chi connectivity index (χ4v) is 15.3. The van der Waals surface area contributed by atoms with Gasteiger partial charge in [0.2, 0.25) is 0 Å². The molecule has 0 aromatic rings. The molecule has 0 fully saturated rings. The van der Waals surface area contributed by atoms with Crippen LogP contribution in [0, 0.1) is 5.41 Å². The van der Waals surface area contributed by atoms with E-state index in [1.165, 1.54) is 29.4 Å². The molecule has 0 saturated carbocycles. The van der Waals surface area contributed by atoms with E-state index in [4.69, 9.17) is 9.47 Å². The Bertz CT molecular complexity index is 1690. The van der Waals surface area contributed by atoms with E-state index in [1.54, 1.807) is 69.2 Å². The number of ether oxygens (including phenoxy) is 2. The second kappa shape index (κ2) is 38.0. The summed E-state index contributed by atoms with van der Waals surface area (Å²) in [6.45, 7) is 18.6. The maximum atomic E-state index is 14.0. The van der Waals surface area contributed by atoms with Crippen LogP contribution in [0.5, 0.6) is 0 Å². The van der Waals surface area contributed by atoms with Gasteiger partial charge in [-0.1, -0.05) is 36.4 Å². The lowest BCUT2D eigenvalue weighted by Gasteiger charge is -2.31. The number of carbonyl (C=O) groups excluding carboxylic acids is 8. The average Bonchev–Trinajstić information content (AvgIpc) is 3.35. The molecule has 0 aliphatic carbocycles. The van der Waals surface area contributed by atoms with Crippen molar-refractivity contribution in [2.24, 2.45) is 5.41 Å². The minimum atomic E-state index is -2.20. The fraction of sp³-hybridized carbons (Fsp3) is 0.814. The van der Waals surface area contributed by atoms with Gasteiger partial charge in [0.05, 0.1) is 44.7 Å². The highest BCUT2D eigenvalue weighted by Gasteiger charge is 2.40. The van der Waals surface area contributed by atoms with Gasteiger partial charge < -0.3 is 36.8 Å². The molecule has 0 rings (SSSR count). The van der Waals surface area contributed by atoms with Crippen LogP contribution < -0.4 is 0 Å². The summed E-state index contributed by atoms with van der Waals surface area (Å²) in [7, 11) is 0. The van der Waals surface area contributed by atoms with Gasteiger partial charge in [0, 0.05) is 117 Å². The van der Waals surface area contributed by atoms with Crippen molar-refractivity contribution in [3.63, 3.8) is 0 Å². The summed E-state index contributed by atoms with van der Waals surface area (Å²) < 4.78 is 87.0. The molecule has 0 heterocycles. The van der Waals surface area contributed by atoms with Gasteiger partial charge in [-0.25, -0.2) is 28.8 Å². The maximum Gasteiger partial charge on any atom is 0.430 e. The summed E-state index contributed by atoms with van der Waals surface area (Å²) in [4.78, 5) is 110. The van der Waals surface area contributed by atoms with Gasteiger partial charge in [0.1, 0.15) is 36.2 Å². The molecule has 22 nitrogen and oxygen atoms in total. The van der Waals surface area contributed by atoms with Gasteiger partial charge in [0.15, 0.2) is 11.5 Å². The van der Waals surface area contributed by atoms with Crippen molar-refractivity contribution >= 4 is 133 Å². The summed E-state index contributed by atoms with van der Waals surface area (Å²) in [5.74, 6) is -3.18. The van der Waals surface area contributed by atoms with Crippen molar-refractivity contribution in [1.82, 2.24) is 29.4 Å². The summed E-state index contributed by atoms with van der Waals surface area (Å²) in [6.07, 6.45) is -0.480. The Morgan fingerprint density at radius 1 is 0.444 bits per heavy atom. The number of halogens is 1. The van der Waals surface area contributed by atoms with Gasteiger partial charge >= 0.3 is 43.4 Å². The first-order chi connectivity index (χ1) is 33.8. The number of alkyl halides is 1. The molecule has 0 bridgehead atoms. The van der Waals surface area contributed by atoms with E-state index < -0.39 is 132 Å². The second-order valence-electron chi connectivity index (χ2n) is 16.3. The molecule has 29 heteroatoms. The highest BCUT2D eigenvalue weighted by Crippen LogP contribution is 2.25. The Labute approximate surface area is 458 Å². The number of hydrogen-bond acceptors (Lipinski definition) is 16. The van der Waals surface area contributed by atoms with Crippen LogP contribution in [0.15, 0.2) is 0 Å². The molecule has 0 saturated heterocycles. The molecule has 0 aromatic carbocycles. The summed E-state index contributed by atoms with van der Waals surface area (Å²) in [6, 6.07) is 0. The average molecular weight is 1250 g/mol. The molecule has 0 N–H and O–H groups in total. The third-order valence-corrected chi connectivity index (χ3v) is 20.4. The largest absolute Gasteiger partial charge is 0.608 e. The smallest absolute Gasteiger partial charge is 0.430 e. The number of hydrogen-bond donors (Lipinski definition) is 0. The maximum absolute atomic E-state index is 14.0. The van der Waals surface area contributed by atoms with Crippen molar-refractivity contribution in [2.45, 2.75) is 99.0 Å². The van der Waals surface area contributed by atoms with E-state index in [-0.39, 0.29) is 94.0 Å². The van der Waals surface area contributed by atoms with Crippen molar-refractivity contribution in [3.05, 3.63) is 0 Å². The highest BCUT2D eigenvalue weighted by molar-refractivity contribution is 14.1. The Morgan fingerprint density at radius 3 is 1.14 bits per heavy atom. The lowest BCUT2D eigenvalue weighted by Crippen LogP contribution is -2.46. The predicted octanol–water partition coefficient (Wildman–Crippen LogP) is 4.60. The van der Waals surface area contributed by atoms with E-state index in [1.807, 2.05) is 22.6 Å². The molecular formula is C43H77IN6O16S6. The molecule has 6 amide bonds. The third kappa shape index (κ3) is 25.9. The van der Waals surface area contributed by atoms with E-state index in [9.17, 15) is 65.7 Å². The summed E-state index contributed by atoms with van der Waals surface area (Å²) >= 11 is -10.4. The molecule has 418 valence electrons. The normalized spacial score (nSPS) is 14.4. The molecule has 0 spiro atoms. The van der Waals surface area contributed by atoms with Gasteiger partial charge in [-0.2, -0.15) is 0 Å². The second-order valence-corrected chi connectivity index (χ2v) is 26.2. The van der Waals surface area contributed by atoms with Crippen LogP contribution in [-0.2, 0) is 86.1 Å². The van der Waals surface area contributed by atoms with Crippen LogP contribution in [0.2, 0.25) is 0 Å². The molecule has 0 aromatic heterocycles. The van der Waals surface area contributed by atoms with Gasteiger partial charge in [-0.3, -0.25) is 39.0 Å². The molecule has 0 aliphatic heterocycles. The topological polar surface area (TPSA) is 313 Å². The third-order valence-electron chi connectivity index (χ3n) is 10.6. The number of carbonyl (C=O) groups is 8. The van der Waals surface area contributed by atoms with Crippen LogP contribution in [0.25, 0.3) is 0 Å². The van der Waals surface area contributed by atoms with Crippen LogP contribution in [0.4, 0.5) is 28.8 Å². The van der Waals surface area contributed by atoms with Crippen LogP contribution in [0.1, 0.15) is 94.9 Å². The first kappa shape index (κ1) is 70.3. The molecular weight excluding hydrogens is 1180 g/mol. The quantitative estimate of drug-likeness (QED) is 0.0222. The van der Waals surface area contributed by atoms with Crippen molar-refractivity contribution < 1.29 is 75.1 Å². The SMILES string of the molecule is CCN(CC)C(=O)[S+]([O-])CCC(=O)OCCOC(=O)CC[S+]([O-])C(=O)N(CC)C(I)CCN(CCCN(CC)C(=O)[S+]([O-])CC[S+]([O-])C(=O)N(CC)CC)C(=O)[S+]([O-])CC(C)(C)C[S+]([O-])C(=O)N(CC)CC.